The van der Waals surface area contributed by atoms with Crippen molar-refractivity contribution >= 4 is 58.1 Å². The summed E-state index contributed by atoms with van der Waals surface area (Å²) in [6.07, 6.45) is 6.25. The Kier molecular flexibility index (Phi) is 8.21. The van der Waals surface area contributed by atoms with Gasteiger partial charge in [0.15, 0.2) is 0 Å². The third-order valence-corrected chi connectivity index (χ3v) is 8.09. The first-order valence-electron chi connectivity index (χ1n) is 12.2. The number of rotatable bonds is 7. The van der Waals surface area contributed by atoms with Gasteiger partial charge < -0.3 is 10.6 Å². The molecule has 2 heterocycles. The predicted molar refractivity (Wildman–Crippen MR) is 149 cm³/mol. The Hall–Kier alpha value is -3.47. The van der Waals surface area contributed by atoms with Gasteiger partial charge in [-0.3, -0.25) is 10.1 Å². The minimum Gasteiger partial charge on any atom is -0.327 e. The Morgan fingerprint density at radius 1 is 0.947 bits per heavy atom. The van der Waals surface area contributed by atoms with Crippen molar-refractivity contribution in [1.29, 1.82) is 0 Å². The lowest BCUT2D eigenvalue weighted by atomic mass is 9.83. The van der Waals surface area contributed by atoms with Gasteiger partial charge in [0.2, 0.25) is 0 Å². The van der Waals surface area contributed by atoms with Crippen LogP contribution in [0.1, 0.15) is 71.1 Å². The third-order valence-electron chi connectivity index (χ3n) is 6.60. The number of amides is 3. The van der Waals surface area contributed by atoms with Gasteiger partial charge in [-0.1, -0.05) is 84.0 Å². The monoisotopic (exact) mass is 569 g/mol. The number of thiophene rings is 1. The molecule has 1 fully saturated rings. The van der Waals surface area contributed by atoms with E-state index >= 15 is 0 Å². The number of hydrogen-bond acceptors (Lipinski definition) is 6. The largest absolute Gasteiger partial charge is 0.327 e. The lowest BCUT2D eigenvalue weighted by molar-refractivity contribution is 0.102. The van der Waals surface area contributed by atoms with Crippen molar-refractivity contribution in [3.63, 3.8) is 0 Å². The maximum absolute atomic E-state index is 13.0. The second-order valence-electron chi connectivity index (χ2n) is 9.08. The van der Waals surface area contributed by atoms with Crippen LogP contribution < -0.4 is 16.0 Å². The molecule has 0 aliphatic heterocycles. The highest BCUT2D eigenvalue weighted by atomic mass is 35.5. The highest BCUT2D eigenvalue weighted by Gasteiger charge is 2.21. The zero-order valence-corrected chi connectivity index (χ0v) is 22.5. The molecule has 0 bridgehead atoms. The van der Waals surface area contributed by atoms with Crippen LogP contribution in [0.5, 0.6) is 0 Å². The summed E-state index contributed by atoms with van der Waals surface area (Å²) in [5, 5.41) is 21.6. The molecule has 0 saturated heterocycles. The molecule has 38 heavy (non-hydrogen) atoms. The van der Waals surface area contributed by atoms with E-state index in [0.717, 1.165) is 11.1 Å². The number of nitrogens with one attached hydrogen (secondary N) is 4. The summed E-state index contributed by atoms with van der Waals surface area (Å²) >= 11 is 13.4. The number of anilines is 2. The van der Waals surface area contributed by atoms with Crippen molar-refractivity contribution < 1.29 is 9.59 Å². The Bertz CT molecular complexity index is 1390. The fourth-order valence-electron chi connectivity index (χ4n) is 4.69. The van der Waals surface area contributed by atoms with Crippen LogP contribution in [0.3, 0.4) is 0 Å². The number of tetrazole rings is 1. The minimum absolute atomic E-state index is 0.0838. The quantitative estimate of drug-likeness (QED) is 0.195. The van der Waals surface area contributed by atoms with E-state index in [1.807, 2.05) is 0 Å². The predicted octanol–water partition coefficient (Wildman–Crippen LogP) is 6.78. The Labute approximate surface area is 233 Å². The molecule has 1 saturated carbocycles. The van der Waals surface area contributed by atoms with Crippen LogP contribution in [0.15, 0.2) is 54.6 Å². The molecule has 3 amide bonds. The van der Waals surface area contributed by atoms with Gasteiger partial charge in [0.05, 0.1) is 16.1 Å². The van der Waals surface area contributed by atoms with Gasteiger partial charge >= 0.3 is 6.03 Å². The van der Waals surface area contributed by atoms with Crippen molar-refractivity contribution in [2.24, 2.45) is 0 Å². The molecule has 0 spiro atoms. The third kappa shape index (κ3) is 6.32. The summed E-state index contributed by atoms with van der Waals surface area (Å²) in [5.74, 6) is 0.288. The van der Waals surface area contributed by atoms with Crippen molar-refractivity contribution in [2.75, 3.05) is 10.6 Å². The van der Waals surface area contributed by atoms with E-state index in [1.165, 1.54) is 49.0 Å². The number of aromatic nitrogens is 4. The Balaban J connectivity index is 1.37. The molecule has 1 atom stereocenters. The van der Waals surface area contributed by atoms with Crippen LogP contribution in [-0.2, 0) is 0 Å². The number of hydrogen-bond donors (Lipinski definition) is 4. The van der Waals surface area contributed by atoms with Crippen molar-refractivity contribution in [3.8, 4) is 0 Å². The molecule has 9 nitrogen and oxygen atoms in total. The summed E-state index contributed by atoms with van der Waals surface area (Å²) in [6, 6.07) is 16.1. The van der Waals surface area contributed by atoms with Crippen molar-refractivity contribution in [2.45, 2.75) is 44.1 Å². The number of nitrogens with zero attached hydrogens (tertiary/aromatic N) is 3. The van der Waals surface area contributed by atoms with Crippen LogP contribution in [0.4, 0.5) is 16.4 Å². The van der Waals surface area contributed by atoms with E-state index in [9.17, 15) is 9.59 Å². The summed E-state index contributed by atoms with van der Waals surface area (Å²) in [6.45, 7) is 0. The standard InChI is InChI=1S/C26H25Cl2N7O2S/c27-21-14-20(23(28)38-21)29-26(37)30-22(17-8-6-16(7-9-17)15-4-2-1-3-5-15)18-10-12-19(13-11-18)24(36)31-25-32-34-35-33-25/h6-15,22H,1-5H2,(H2,29,30,37)(H2,31,32,33,34,35,36). The summed E-state index contributed by atoms with van der Waals surface area (Å²) in [4.78, 5) is 25.5. The fraction of sp³-hybridized carbons (Fsp3) is 0.269. The Morgan fingerprint density at radius 2 is 1.63 bits per heavy atom. The van der Waals surface area contributed by atoms with Crippen LogP contribution >= 0.6 is 34.5 Å². The van der Waals surface area contributed by atoms with Gasteiger partial charge in [0.1, 0.15) is 4.34 Å². The number of urea groups is 1. The normalized spacial score (nSPS) is 14.6. The van der Waals surface area contributed by atoms with E-state index in [2.05, 4.69) is 60.8 Å². The minimum atomic E-state index is -0.474. The number of carbonyl (C=O) groups is 2. The molecule has 2 aromatic carbocycles. The fourth-order valence-corrected chi connectivity index (χ4v) is 6.06. The van der Waals surface area contributed by atoms with Crippen LogP contribution in [0.25, 0.3) is 0 Å². The molecule has 1 unspecified atom stereocenters. The summed E-state index contributed by atoms with van der Waals surface area (Å²) in [7, 11) is 0. The van der Waals surface area contributed by atoms with Crippen molar-refractivity contribution in [3.05, 3.63) is 85.5 Å². The average molecular weight is 571 g/mol. The summed E-state index contributed by atoms with van der Waals surface area (Å²) < 4.78 is 0.880. The van der Waals surface area contributed by atoms with E-state index in [-0.39, 0.29) is 11.9 Å². The highest BCUT2D eigenvalue weighted by molar-refractivity contribution is 7.20. The molecule has 1 aliphatic carbocycles. The van der Waals surface area contributed by atoms with Gasteiger partial charge in [0, 0.05) is 5.56 Å². The number of H-pyrrole nitrogens is 1. The first-order valence-corrected chi connectivity index (χ1v) is 13.8. The number of halogens is 2. The molecule has 2 aromatic heterocycles. The molecule has 0 radical (unpaired) electrons. The SMILES string of the molecule is O=C(Nc1cc(Cl)sc1Cl)NC(c1ccc(C(=O)Nc2nn[nH]n2)cc1)c1ccc(C2CCCCC2)cc1. The smallest absolute Gasteiger partial charge is 0.320 e. The molecular weight excluding hydrogens is 545 g/mol. The molecule has 1 aliphatic rings. The maximum Gasteiger partial charge on any atom is 0.320 e. The van der Waals surface area contributed by atoms with Gasteiger partial charge in [-0.25, -0.2) is 4.79 Å². The lowest BCUT2D eigenvalue weighted by Gasteiger charge is -2.24. The second-order valence-corrected chi connectivity index (χ2v) is 11.4. The first-order chi connectivity index (χ1) is 18.5. The van der Waals surface area contributed by atoms with E-state index in [1.54, 1.807) is 30.3 Å². The van der Waals surface area contributed by atoms with Crippen LogP contribution in [0, 0.1) is 0 Å². The topological polar surface area (TPSA) is 125 Å². The zero-order chi connectivity index (χ0) is 26.5. The maximum atomic E-state index is 13.0. The molecule has 12 heteroatoms. The van der Waals surface area contributed by atoms with Gasteiger partial charge in [-0.15, -0.1) is 16.4 Å². The molecule has 196 valence electrons. The van der Waals surface area contributed by atoms with Crippen LogP contribution in [0.2, 0.25) is 8.67 Å². The molecule has 5 rings (SSSR count). The zero-order valence-electron chi connectivity index (χ0n) is 20.2. The van der Waals surface area contributed by atoms with Gasteiger partial charge in [0.25, 0.3) is 11.9 Å². The van der Waals surface area contributed by atoms with E-state index < -0.39 is 12.1 Å². The number of benzene rings is 2. The average Bonchev–Trinajstić information content (AvgIpc) is 3.56. The highest BCUT2D eigenvalue weighted by Crippen LogP contribution is 2.36. The lowest BCUT2D eigenvalue weighted by Crippen LogP contribution is -2.33. The number of carbonyl (C=O) groups excluding carboxylic acids is 2. The first kappa shape index (κ1) is 26.1. The van der Waals surface area contributed by atoms with Gasteiger partial charge in [-0.05, 0) is 58.9 Å². The molecule has 4 aromatic rings. The van der Waals surface area contributed by atoms with Crippen LogP contribution in [-0.4, -0.2) is 32.6 Å². The second kappa shape index (κ2) is 11.9. The van der Waals surface area contributed by atoms with E-state index in [4.69, 9.17) is 23.2 Å². The Morgan fingerprint density at radius 3 is 2.24 bits per heavy atom. The van der Waals surface area contributed by atoms with Crippen molar-refractivity contribution in [1.82, 2.24) is 25.9 Å². The number of aromatic amines is 1. The van der Waals surface area contributed by atoms with E-state index in [0.29, 0.717) is 25.8 Å². The molecular formula is C26H25Cl2N7O2S. The molecule has 4 N–H and O–H groups in total. The summed E-state index contributed by atoms with van der Waals surface area (Å²) in [5.41, 5.74) is 3.90. The van der Waals surface area contributed by atoms with Gasteiger partial charge in [-0.2, -0.15) is 5.21 Å².